The molecule has 0 saturated heterocycles. The van der Waals surface area contributed by atoms with E-state index in [2.05, 4.69) is 160 Å². The van der Waals surface area contributed by atoms with Gasteiger partial charge in [0, 0.05) is 63.4 Å². The van der Waals surface area contributed by atoms with E-state index in [-0.39, 0.29) is 18.5 Å². The normalized spacial score (nSPS) is 19.3. The maximum atomic E-state index is 10.2. The van der Waals surface area contributed by atoms with Crippen molar-refractivity contribution in [3.63, 3.8) is 0 Å². The number of likely N-dealkylation sites (N-methyl/N-ethyl adjacent to an activating group) is 1. The number of hydrogen-bond acceptors (Lipinski definition) is 10. The van der Waals surface area contributed by atoms with Gasteiger partial charge in [0.25, 0.3) is 0 Å². The highest BCUT2D eigenvalue weighted by Gasteiger charge is 2.46. The number of aliphatic hydroxyl groups is 1. The number of carbonyl (C=O) groups excluding carboxylic acids is 2. The van der Waals surface area contributed by atoms with E-state index in [4.69, 9.17) is 16.3 Å². The highest BCUT2D eigenvalue weighted by Crippen LogP contribution is 2.54. The van der Waals surface area contributed by atoms with Crippen molar-refractivity contribution in [2.75, 3.05) is 39.5 Å². The Balaban J connectivity index is -0.000000408. The minimum absolute atomic E-state index is 0.109. The molecule has 11 nitrogen and oxygen atoms in total. The van der Waals surface area contributed by atoms with Gasteiger partial charge in [0.15, 0.2) is 6.33 Å². The first kappa shape index (κ1) is 80.4. The summed E-state index contributed by atoms with van der Waals surface area (Å²) in [6, 6.07) is 8.06. The molecule has 6 atom stereocenters. The van der Waals surface area contributed by atoms with E-state index < -0.39 is 0 Å². The van der Waals surface area contributed by atoms with Gasteiger partial charge in [0.05, 0.1) is 19.8 Å². The molecule has 5 aliphatic rings. The molecule has 1 aromatic heterocycles. The Morgan fingerprint density at radius 1 is 0.722 bits per heavy atom. The van der Waals surface area contributed by atoms with Crippen LogP contribution in [0.5, 0.6) is 0 Å². The summed E-state index contributed by atoms with van der Waals surface area (Å²) in [7, 11) is 0. The Morgan fingerprint density at radius 2 is 1.28 bits per heavy atom. The fourth-order valence-corrected chi connectivity index (χ4v) is 8.51. The van der Waals surface area contributed by atoms with Crippen LogP contribution in [0.4, 0.5) is 0 Å². The molecule has 7 rings (SSSR count). The van der Waals surface area contributed by atoms with Crippen LogP contribution < -0.4 is 10.6 Å². The molecule has 448 valence electrons. The molecule has 2 fully saturated rings. The van der Waals surface area contributed by atoms with Crippen LogP contribution in [-0.4, -0.2) is 76.9 Å². The van der Waals surface area contributed by atoms with Gasteiger partial charge < -0.3 is 25.2 Å². The van der Waals surface area contributed by atoms with E-state index in [0.717, 1.165) is 98.3 Å². The third-order valence-electron chi connectivity index (χ3n) is 12.4. The van der Waals surface area contributed by atoms with Crippen molar-refractivity contribution in [1.82, 2.24) is 31.0 Å². The fraction of sp³-hybridized carbons (Fsp3) is 0.676. The van der Waals surface area contributed by atoms with Gasteiger partial charge in [-0.05, 0) is 125 Å². The molecule has 1 amide bonds. The van der Waals surface area contributed by atoms with Crippen molar-refractivity contribution in [3.8, 4) is 47.4 Å². The molecule has 79 heavy (non-hydrogen) atoms. The fourth-order valence-electron chi connectivity index (χ4n) is 8.51. The SMILES string of the molecule is C#CCC.C=CC(=O)NCC.C=CC(=O)OCC.CCC.CCC.CCC.CCC1C2CCC#CCCC12.CCC1CC2C=CC1C2.CCC1CCC#CCCC1.CCNCc1ccc(-c2nncnn2)cc1.CCOCCO. The third-order valence-corrected chi connectivity index (χ3v) is 12.4. The van der Waals surface area contributed by atoms with Crippen molar-refractivity contribution in [2.45, 2.75) is 219 Å². The molecule has 2 aromatic rings. The van der Waals surface area contributed by atoms with Gasteiger partial charge >= 0.3 is 5.97 Å². The van der Waals surface area contributed by atoms with E-state index >= 15 is 0 Å². The Hall–Kier alpha value is -5.12. The van der Waals surface area contributed by atoms with Crippen LogP contribution in [0.2, 0.25) is 0 Å². The number of aromatic nitrogens is 4. The molecule has 0 spiro atoms. The van der Waals surface area contributed by atoms with Crippen molar-refractivity contribution < 1.29 is 24.2 Å². The molecule has 11 heteroatoms. The Labute approximate surface area is 486 Å². The zero-order chi connectivity index (χ0) is 60.2. The average molecular weight is 1100 g/mol. The van der Waals surface area contributed by atoms with Gasteiger partial charge in [0.2, 0.25) is 11.7 Å². The van der Waals surface area contributed by atoms with Crippen molar-refractivity contribution in [1.29, 1.82) is 0 Å². The summed E-state index contributed by atoms with van der Waals surface area (Å²) in [5.41, 5.74) is 2.17. The molecule has 1 aromatic carbocycles. The predicted octanol–water partition coefficient (Wildman–Crippen LogP) is 15.8. The minimum atomic E-state index is -0.359. The zero-order valence-corrected chi connectivity index (χ0v) is 52.8. The van der Waals surface area contributed by atoms with Crippen molar-refractivity contribution >= 4 is 11.9 Å². The predicted molar refractivity (Wildman–Crippen MR) is 338 cm³/mol. The number of allylic oxidation sites excluding steroid dienone is 2. The zero-order valence-electron chi connectivity index (χ0n) is 52.8. The second-order valence-corrected chi connectivity index (χ2v) is 19.3. The van der Waals surface area contributed by atoms with E-state index in [1.54, 1.807) is 6.92 Å². The second kappa shape index (κ2) is 62.1. The Morgan fingerprint density at radius 3 is 1.63 bits per heavy atom. The molecule has 1 heterocycles. The van der Waals surface area contributed by atoms with Crippen LogP contribution in [0.3, 0.4) is 0 Å². The molecule has 5 aliphatic carbocycles. The summed E-state index contributed by atoms with van der Waals surface area (Å²) < 4.78 is 9.17. The lowest BCUT2D eigenvalue weighted by Crippen LogP contribution is -2.19. The molecule has 2 bridgehead atoms. The summed E-state index contributed by atoms with van der Waals surface area (Å²) in [5, 5.41) is 29.1. The van der Waals surface area contributed by atoms with Crippen molar-refractivity contribution in [3.05, 3.63) is 73.6 Å². The molecular formula is C68H116N6O5. The van der Waals surface area contributed by atoms with Gasteiger partial charge in [-0.1, -0.05) is 164 Å². The molecule has 2 saturated carbocycles. The Bertz CT molecular complexity index is 1850. The molecular weight excluding hydrogens is 981 g/mol. The van der Waals surface area contributed by atoms with E-state index in [9.17, 15) is 9.59 Å². The quantitative estimate of drug-likeness (QED) is 0.0549. The average Bonchev–Trinajstić information content (AvgIpc) is 3.69. The number of nitrogens with one attached hydrogen (secondary N) is 2. The number of terminal acetylenes is 1. The topological polar surface area (TPSA) is 148 Å². The number of hydrogen-bond donors (Lipinski definition) is 3. The molecule has 0 aliphatic heterocycles. The molecule has 6 unspecified atom stereocenters. The second-order valence-electron chi connectivity index (χ2n) is 19.3. The van der Waals surface area contributed by atoms with Crippen molar-refractivity contribution in [2.24, 2.45) is 41.4 Å². The number of fused-ring (bicyclic) bond motifs is 3. The van der Waals surface area contributed by atoms with Gasteiger partial charge in [-0.25, -0.2) is 4.79 Å². The van der Waals surface area contributed by atoms with Crippen LogP contribution in [0.1, 0.15) is 218 Å². The lowest BCUT2D eigenvalue weighted by molar-refractivity contribution is -0.137. The molecule has 0 radical (unpaired) electrons. The van der Waals surface area contributed by atoms with E-state index in [0.29, 0.717) is 32.2 Å². The number of carbonyl (C=O) groups is 2. The maximum absolute atomic E-state index is 10.2. The lowest BCUT2D eigenvalue weighted by atomic mass is 9.91. The lowest BCUT2D eigenvalue weighted by Gasteiger charge is -2.14. The summed E-state index contributed by atoms with van der Waals surface area (Å²) in [6.45, 7) is 39.9. The van der Waals surface area contributed by atoms with Crippen LogP contribution in [0.15, 0.2) is 68.1 Å². The van der Waals surface area contributed by atoms with Gasteiger partial charge in [-0.2, -0.15) is 0 Å². The first-order valence-electron chi connectivity index (χ1n) is 30.6. The van der Waals surface area contributed by atoms with Crippen LogP contribution in [0, 0.1) is 77.5 Å². The summed E-state index contributed by atoms with van der Waals surface area (Å²) >= 11 is 0. The highest BCUT2D eigenvalue weighted by molar-refractivity contribution is 5.86. The van der Waals surface area contributed by atoms with E-state index in [1.165, 1.54) is 101 Å². The molecule has 3 N–H and O–H groups in total. The summed E-state index contributed by atoms with van der Waals surface area (Å²) in [6.07, 6.45) is 36.5. The number of esters is 1. The minimum Gasteiger partial charge on any atom is -0.463 e. The smallest absolute Gasteiger partial charge is 0.330 e. The number of nitrogens with zero attached hydrogens (tertiary/aromatic N) is 4. The first-order valence-corrected chi connectivity index (χ1v) is 30.6. The van der Waals surface area contributed by atoms with Crippen LogP contribution >= 0.6 is 0 Å². The van der Waals surface area contributed by atoms with Gasteiger partial charge in [-0.3, -0.25) is 4.79 Å². The Kier molecular flexibility index (Phi) is 63.2. The van der Waals surface area contributed by atoms with Gasteiger partial charge in [0.1, 0.15) is 0 Å². The monoisotopic (exact) mass is 1100 g/mol. The van der Waals surface area contributed by atoms with E-state index in [1.807, 2.05) is 45.0 Å². The third kappa shape index (κ3) is 48.5. The number of ether oxygens (including phenoxy) is 2. The van der Waals surface area contributed by atoms with Gasteiger partial charge in [-0.15, -0.1) is 56.4 Å². The summed E-state index contributed by atoms with van der Waals surface area (Å²) in [5.74, 6) is 22.5. The standard InChI is InChI=1S/C11H13N5.C11H16.C10H16.C9H14.C5H9NO.C5H8O2.C4H10O2.C4H6.3C3H8/c1-2-12-7-9-3-5-10(6-4-9)11-15-13-8-14-16-11;1-2-9-10-7-5-3-4-6-8-11(9)10;1-2-10-8-6-4-3-5-7-9-10;1-2-8-5-7-3-4-9(8)6-7;1-3-5(7)6-4-2;1-3-5(6)7-4-2;1-2-6-4-3-5;1-3-4-2;3*1-3-2/h3-6,8,12H,2,7H2,1H3;9-11H,2,5-8H2,1H3;10H,2,4,6-9H2,1H3;3-4,7-9H,2,5-6H2,1H3;3H,1,4H2,2H3,(H,6,7);3H,1,4H2,2H3;5H,2-4H2,1H3;1H,4H2,2H3;3*3H2,1-2H3. The number of benzene rings is 1. The summed E-state index contributed by atoms with van der Waals surface area (Å²) in [4.78, 5) is 20.3. The van der Waals surface area contributed by atoms with Crippen LogP contribution in [-0.2, 0) is 25.6 Å². The maximum Gasteiger partial charge on any atom is 0.330 e. The number of rotatable bonds is 14. The highest BCUT2D eigenvalue weighted by atomic mass is 16.5. The van der Waals surface area contributed by atoms with Crippen LogP contribution in [0.25, 0.3) is 11.4 Å². The first-order chi connectivity index (χ1) is 38.3. The largest absolute Gasteiger partial charge is 0.463 e. The number of amides is 1. The number of aliphatic hydroxyl groups excluding tert-OH is 1.